The Kier molecular flexibility index (Phi) is 3.44. The summed E-state index contributed by atoms with van der Waals surface area (Å²) in [4.78, 5) is 0. The molecule has 0 amide bonds. The van der Waals surface area contributed by atoms with E-state index in [1.54, 1.807) is 0 Å². The van der Waals surface area contributed by atoms with Gasteiger partial charge in [0.2, 0.25) is 0 Å². The fourth-order valence-corrected chi connectivity index (χ4v) is 1.43. The highest BCUT2D eigenvalue weighted by molar-refractivity contribution is 7.26. The van der Waals surface area contributed by atoms with E-state index in [1.807, 2.05) is 0 Å². The van der Waals surface area contributed by atoms with Crippen molar-refractivity contribution >= 4 is 9.03 Å². The molecule has 1 saturated heterocycles. The van der Waals surface area contributed by atoms with Gasteiger partial charge >= 0.3 is 0 Å². The van der Waals surface area contributed by atoms with Crippen LogP contribution in [0.1, 0.15) is 6.42 Å². The van der Waals surface area contributed by atoms with Crippen molar-refractivity contribution in [1.29, 1.82) is 0 Å². The van der Waals surface area contributed by atoms with Gasteiger partial charge in [-0.3, -0.25) is 0 Å². The normalized spacial score (nSPS) is 31.0. The SMILES string of the molecule is OCCC1COPOC1. The molecule has 0 radical (unpaired) electrons. The van der Waals surface area contributed by atoms with Crippen LogP contribution in [0.2, 0.25) is 0 Å². The van der Waals surface area contributed by atoms with Crippen LogP contribution in [0.15, 0.2) is 0 Å². The van der Waals surface area contributed by atoms with Gasteiger partial charge < -0.3 is 14.2 Å². The van der Waals surface area contributed by atoms with E-state index < -0.39 is 0 Å². The molecule has 1 aliphatic heterocycles. The van der Waals surface area contributed by atoms with E-state index in [1.165, 1.54) is 0 Å². The minimum atomic E-state index is 0.210. The van der Waals surface area contributed by atoms with Crippen molar-refractivity contribution in [3.8, 4) is 0 Å². The summed E-state index contributed by atoms with van der Waals surface area (Å²) < 4.78 is 10.1. The molecule has 1 fully saturated rings. The molecular formula is C5H11O3P. The lowest BCUT2D eigenvalue weighted by atomic mass is 10.1. The summed E-state index contributed by atoms with van der Waals surface area (Å²) >= 11 is 0. The second-order valence-corrected chi connectivity index (χ2v) is 2.83. The Labute approximate surface area is 56.3 Å². The predicted octanol–water partition coefficient (Wildman–Crippen LogP) is 0.540. The zero-order valence-electron chi connectivity index (χ0n) is 5.17. The summed E-state index contributed by atoms with van der Waals surface area (Å²) in [6.07, 6.45) is 0.796. The Hall–Kier alpha value is 0.310. The number of aliphatic hydroxyl groups excluding tert-OH is 1. The smallest absolute Gasteiger partial charge is 0.155 e. The van der Waals surface area contributed by atoms with Crippen molar-refractivity contribution in [1.82, 2.24) is 0 Å². The monoisotopic (exact) mass is 150 g/mol. The highest BCUT2D eigenvalue weighted by atomic mass is 31.1. The van der Waals surface area contributed by atoms with Gasteiger partial charge in [0.15, 0.2) is 9.03 Å². The van der Waals surface area contributed by atoms with E-state index in [9.17, 15) is 0 Å². The molecule has 9 heavy (non-hydrogen) atoms. The topological polar surface area (TPSA) is 38.7 Å². The zero-order chi connectivity index (χ0) is 6.53. The van der Waals surface area contributed by atoms with Crippen LogP contribution < -0.4 is 0 Å². The molecule has 54 valence electrons. The minimum absolute atomic E-state index is 0.210. The lowest BCUT2D eigenvalue weighted by Crippen LogP contribution is -2.17. The first-order chi connectivity index (χ1) is 4.43. The molecule has 0 unspecified atom stereocenters. The third kappa shape index (κ3) is 2.59. The van der Waals surface area contributed by atoms with Crippen molar-refractivity contribution in [2.75, 3.05) is 19.8 Å². The number of hydrogen-bond donors (Lipinski definition) is 1. The number of rotatable bonds is 2. The van der Waals surface area contributed by atoms with Crippen LogP contribution in [0.4, 0.5) is 0 Å². The summed E-state index contributed by atoms with van der Waals surface area (Å²) in [6.45, 7) is 1.73. The molecule has 0 aromatic carbocycles. The predicted molar refractivity (Wildman–Crippen MR) is 35.4 cm³/mol. The largest absolute Gasteiger partial charge is 0.396 e. The Morgan fingerprint density at radius 2 is 2.11 bits per heavy atom. The molecule has 0 atom stereocenters. The molecule has 3 nitrogen and oxygen atoms in total. The summed E-state index contributed by atoms with van der Waals surface area (Å²) in [5.74, 6) is 0.413. The molecule has 0 aliphatic carbocycles. The van der Waals surface area contributed by atoms with Gasteiger partial charge in [0.1, 0.15) is 0 Å². The first kappa shape index (κ1) is 7.42. The summed E-state index contributed by atoms with van der Waals surface area (Å²) in [7, 11) is 0.210. The van der Waals surface area contributed by atoms with Gasteiger partial charge in [-0.1, -0.05) is 0 Å². The highest BCUT2D eigenvalue weighted by Gasteiger charge is 2.12. The Morgan fingerprint density at radius 1 is 1.44 bits per heavy atom. The average molecular weight is 150 g/mol. The van der Waals surface area contributed by atoms with E-state index in [0.717, 1.165) is 19.6 Å². The van der Waals surface area contributed by atoms with Crippen LogP contribution in [-0.4, -0.2) is 24.9 Å². The van der Waals surface area contributed by atoms with Crippen LogP contribution in [0.5, 0.6) is 0 Å². The zero-order valence-corrected chi connectivity index (χ0v) is 6.17. The Balaban J connectivity index is 2.08. The lowest BCUT2D eigenvalue weighted by Gasteiger charge is -2.20. The maximum atomic E-state index is 8.51. The van der Waals surface area contributed by atoms with Crippen molar-refractivity contribution in [3.63, 3.8) is 0 Å². The fraction of sp³-hybridized carbons (Fsp3) is 1.00. The van der Waals surface area contributed by atoms with Gasteiger partial charge in [0, 0.05) is 12.5 Å². The van der Waals surface area contributed by atoms with E-state index in [4.69, 9.17) is 14.2 Å². The van der Waals surface area contributed by atoms with Crippen molar-refractivity contribution in [2.45, 2.75) is 6.42 Å². The molecule has 0 aromatic heterocycles. The van der Waals surface area contributed by atoms with Crippen LogP contribution in [0.25, 0.3) is 0 Å². The second kappa shape index (κ2) is 4.18. The summed E-state index contributed by atoms with van der Waals surface area (Å²) in [6, 6.07) is 0. The van der Waals surface area contributed by atoms with Gasteiger partial charge in [-0.15, -0.1) is 0 Å². The molecule has 0 saturated carbocycles. The van der Waals surface area contributed by atoms with Crippen LogP contribution in [0.3, 0.4) is 0 Å². The fourth-order valence-electron chi connectivity index (χ4n) is 0.743. The first-order valence-electron chi connectivity index (χ1n) is 3.03. The van der Waals surface area contributed by atoms with Crippen molar-refractivity contribution < 1.29 is 14.2 Å². The van der Waals surface area contributed by atoms with Gasteiger partial charge in [-0.2, -0.15) is 0 Å². The molecule has 4 heteroatoms. The van der Waals surface area contributed by atoms with E-state index >= 15 is 0 Å². The maximum absolute atomic E-state index is 8.51. The van der Waals surface area contributed by atoms with Crippen molar-refractivity contribution in [3.05, 3.63) is 0 Å². The van der Waals surface area contributed by atoms with Crippen molar-refractivity contribution in [2.24, 2.45) is 5.92 Å². The molecular weight excluding hydrogens is 139 g/mol. The molecule has 1 N–H and O–H groups in total. The van der Waals surface area contributed by atoms with Gasteiger partial charge in [-0.25, -0.2) is 0 Å². The van der Waals surface area contributed by atoms with Gasteiger partial charge in [-0.05, 0) is 6.42 Å². The first-order valence-corrected chi connectivity index (χ1v) is 3.84. The summed E-state index contributed by atoms with van der Waals surface area (Å²) in [5.41, 5.74) is 0. The average Bonchev–Trinajstić information content (AvgIpc) is 1.91. The molecule has 1 aliphatic rings. The summed E-state index contributed by atoms with van der Waals surface area (Å²) in [5, 5.41) is 8.51. The quantitative estimate of drug-likeness (QED) is 0.584. The molecule has 1 heterocycles. The van der Waals surface area contributed by atoms with Gasteiger partial charge in [0.05, 0.1) is 13.2 Å². The molecule has 0 spiro atoms. The highest BCUT2D eigenvalue weighted by Crippen LogP contribution is 2.24. The van der Waals surface area contributed by atoms with E-state index in [2.05, 4.69) is 0 Å². The number of hydrogen-bond acceptors (Lipinski definition) is 3. The van der Waals surface area contributed by atoms with Crippen LogP contribution in [-0.2, 0) is 9.05 Å². The van der Waals surface area contributed by atoms with Crippen LogP contribution >= 0.6 is 9.03 Å². The van der Waals surface area contributed by atoms with E-state index in [-0.39, 0.29) is 15.6 Å². The third-order valence-electron chi connectivity index (χ3n) is 1.29. The second-order valence-electron chi connectivity index (χ2n) is 2.08. The third-order valence-corrected chi connectivity index (χ3v) is 1.86. The molecule has 0 bridgehead atoms. The Bertz CT molecular complexity index is 69.8. The van der Waals surface area contributed by atoms with Gasteiger partial charge in [0.25, 0.3) is 0 Å². The lowest BCUT2D eigenvalue weighted by molar-refractivity contribution is 0.110. The molecule has 0 aromatic rings. The standard InChI is InChI=1S/C5H11O3P/c6-2-1-5-3-7-9-8-4-5/h5-6,9H,1-4H2. The Morgan fingerprint density at radius 3 is 2.67 bits per heavy atom. The maximum Gasteiger partial charge on any atom is 0.155 e. The number of aliphatic hydroxyl groups is 1. The molecule has 1 rings (SSSR count). The van der Waals surface area contributed by atoms with E-state index in [0.29, 0.717) is 5.92 Å². The van der Waals surface area contributed by atoms with Crippen LogP contribution in [0, 0.1) is 5.92 Å². The minimum Gasteiger partial charge on any atom is -0.396 e.